The Hall–Kier alpha value is -0.505. The van der Waals surface area contributed by atoms with E-state index in [2.05, 4.69) is 9.65 Å². The maximum Gasteiger partial charge on any atom is 0.375 e. The highest BCUT2D eigenvalue weighted by atomic mass is 16.4. The zero-order valence-electron chi connectivity index (χ0n) is 6.62. The fourth-order valence-electron chi connectivity index (χ4n) is 1.56. The van der Waals surface area contributed by atoms with Crippen molar-refractivity contribution in [3.63, 3.8) is 0 Å². The molecule has 1 saturated carbocycles. The minimum atomic E-state index is -0.0701. The van der Waals surface area contributed by atoms with Crippen LogP contribution in [0.4, 0.5) is 0 Å². The zero-order valence-corrected chi connectivity index (χ0v) is 6.62. The van der Waals surface area contributed by atoms with Crippen LogP contribution in [-0.2, 0) is 4.65 Å². The molecular weight excluding hydrogens is 139 g/mol. The van der Waals surface area contributed by atoms with Crippen LogP contribution in [0.25, 0.3) is 0 Å². The highest BCUT2D eigenvalue weighted by molar-refractivity contribution is 6.02. The van der Waals surface area contributed by atoms with Gasteiger partial charge in [-0.25, -0.2) is 0 Å². The molecule has 60 valence electrons. The normalized spacial score (nSPS) is 22.6. The molecule has 1 rings (SSSR count). The second kappa shape index (κ2) is 3.76. The molecule has 0 atom stereocenters. The van der Waals surface area contributed by atoms with E-state index in [9.17, 15) is 0 Å². The Bertz CT molecular complexity index is 143. The third-order valence-corrected chi connectivity index (χ3v) is 2.30. The van der Waals surface area contributed by atoms with Gasteiger partial charge in [-0.2, -0.15) is 0 Å². The van der Waals surface area contributed by atoms with Crippen LogP contribution in [0.15, 0.2) is 4.99 Å². The second-order valence-corrected chi connectivity index (χ2v) is 3.01. The SMILES string of the molecule is [B]OC=NC1(CN)CCCC1. The molecule has 1 aliphatic carbocycles. The van der Waals surface area contributed by atoms with Crippen LogP contribution in [0.5, 0.6) is 0 Å². The number of nitrogens with two attached hydrogens (primary N) is 1. The first kappa shape index (κ1) is 8.59. The molecule has 0 aliphatic heterocycles. The van der Waals surface area contributed by atoms with Crippen molar-refractivity contribution < 1.29 is 4.65 Å². The topological polar surface area (TPSA) is 47.6 Å². The van der Waals surface area contributed by atoms with E-state index in [1.807, 2.05) is 0 Å². The summed E-state index contributed by atoms with van der Waals surface area (Å²) in [6.45, 7) is 0.590. The fourth-order valence-corrected chi connectivity index (χ4v) is 1.56. The third kappa shape index (κ3) is 1.96. The van der Waals surface area contributed by atoms with E-state index in [-0.39, 0.29) is 5.54 Å². The van der Waals surface area contributed by atoms with Crippen LogP contribution in [0.2, 0.25) is 0 Å². The van der Waals surface area contributed by atoms with Gasteiger partial charge in [0.2, 0.25) is 0 Å². The van der Waals surface area contributed by atoms with E-state index in [1.54, 1.807) is 0 Å². The summed E-state index contributed by atoms with van der Waals surface area (Å²) in [5.74, 6) is 0. The maximum absolute atomic E-state index is 5.60. The molecule has 0 aromatic rings. The Labute approximate surface area is 68.5 Å². The molecule has 0 spiro atoms. The zero-order chi connectivity index (χ0) is 8.16. The largest absolute Gasteiger partial charge is 0.560 e. The van der Waals surface area contributed by atoms with E-state index in [0.29, 0.717) is 6.54 Å². The summed E-state index contributed by atoms with van der Waals surface area (Å²) in [5, 5.41) is 0. The number of aliphatic imine (C=N–C) groups is 1. The number of rotatable bonds is 3. The van der Waals surface area contributed by atoms with Gasteiger partial charge in [0.1, 0.15) is 0 Å². The van der Waals surface area contributed by atoms with Crippen LogP contribution in [0, 0.1) is 0 Å². The van der Waals surface area contributed by atoms with Gasteiger partial charge in [-0.15, -0.1) is 0 Å². The molecule has 11 heavy (non-hydrogen) atoms. The molecule has 0 bridgehead atoms. The van der Waals surface area contributed by atoms with Crippen molar-refractivity contribution in [1.29, 1.82) is 0 Å². The van der Waals surface area contributed by atoms with Gasteiger partial charge in [0, 0.05) is 6.54 Å². The average Bonchev–Trinajstić information content (AvgIpc) is 2.50. The molecule has 1 aliphatic rings. The lowest BCUT2D eigenvalue weighted by Gasteiger charge is -2.20. The van der Waals surface area contributed by atoms with Gasteiger partial charge >= 0.3 is 8.05 Å². The lowest BCUT2D eigenvalue weighted by atomic mass is 9.99. The number of nitrogens with zero attached hydrogens (tertiary/aromatic N) is 1. The summed E-state index contributed by atoms with van der Waals surface area (Å²) < 4.78 is 4.28. The minimum absolute atomic E-state index is 0.0701. The molecule has 0 unspecified atom stereocenters. The Morgan fingerprint density at radius 2 is 2.18 bits per heavy atom. The van der Waals surface area contributed by atoms with Crippen LogP contribution < -0.4 is 5.73 Å². The third-order valence-electron chi connectivity index (χ3n) is 2.30. The first-order valence-corrected chi connectivity index (χ1v) is 3.92. The van der Waals surface area contributed by atoms with Crippen LogP contribution in [0.3, 0.4) is 0 Å². The molecule has 0 aromatic heterocycles. The number of hydrogen-bond acceptors (Lipinski definition) is 3. The Balaban J connectivity index is 2.52. The summed E-state index contributed by atoms with van der Waals surface area (Å²) in [6.07, 6.45) is 5.82. The van der Waals surface area contributed by atoms with Gasteiger partial charge in [-0.05, 0) is 12.8 Å². The molecule has 0 amide bonds. The molecule has 3 nitrogen and oxygen atoms in total. The Morgan fingerprint density at radius 3 is 2.64 bits per heavy atom. The predicted octanol–water partition coefficient (Wildman–Crippen LogP) is 0.386. The molecule has 0 heterocycles. The van der Waals surface area contributed by atoms with Gasteiger partial charge in [-0.1, -0.05) is 12.8 Å². The van der Waals surface area contributed by atoms with Crippen LogP contribution >= 0.6 is 0 Å². The van der Waals surface area contributed by atoms with E-state index >= 15 is 0 Å². The van der Waals surface area contributed by atoms with Gasteiger partial charge in [-0.3, -0.25) is 4.99 Å². The molecule has 4 heteroatoms. The Morgan fingerprint density at radius 1 is 1.55 bits per heavy atom. The molecule has 2 N–H and O–H groups in total. The maximum atomic E-state index is 5.60. The van der Waals surface area contributed by atoms with Crippen molar-refractivity contribution in [2.24, 2.45) is 10.7 Å². The minimum Gasteiger partial charge on any atom is -0.560 e. The van der Waals surface area contributed by atoms with Crippen molar-refractivity contribution >= 4 is 14.4 Å². The monoisotopic (exact) mass is 152 g/mol. The molecular formula is C7H13BN2O. The van der Waals surface area contributed by atoms with Crippen LogP contribution in [-0.4, -0.2) is 26.5 Å². The lowest BCUT2D eigenvalue weighted by molar-refractivity contribution is 0.445. The first-order chi connectivity index (χ1) is 5.33. The van der Waals surface area contributed by atoms with E-state index < -0.39 is 0 Å². The standard InChI is InChI=1S/C7H13BN2O/c8-11-6-10-7(5-9)3-1-2-4-7/h6H,1-5,9H2. The van der Waals surface area contributed by atoms with Crippen molar-refractivity contribution in [3.05, 3.63) is 0 Å². The van der Waals surface area contributed by atoms with E-state index in [1.165, 1.54) is 19.2 Å². The summed E-state index contributed by atoms with van der Waals surface area (Å²) in [4.78, 5) is 4.19. The summed E-state index contributed by atoms with van der Waals surface area (Å²) in [6, 6.07) is 0. The predicted molar refractivity (Wildman–Crippen MR) is 45.6 cm³/mol. The second-order valence-electron chi connectivity index (χ2n) is 3.01. The molecule has 0 saturated heterocycles. The van der Waals surface area contributed by atoms with Crippen molar-refractivity contribution in [2.75, 3.05) is 6.54 Å². The highest BCUT2D eigenvalue weighted by Gasteiger charge is 2.31. The van der Waals surface area contributed by atoms with Crippen molar-refractivity contribution in [2.45, 2.75) is 31.2 Å². The first-order valence-electron chi connectivity index (χ1n) is 3.92. The molecule has 0 aromatic carbocycles. The summed E-state index contributed by atoms with van der Waals surface area (Å²) in [5.41, 5.74) is 5.53. The van der Waals surface area contributed by atoms with Crippen molar-refractivity contribution in [1.82, 2.24) is 0 Å². The van der Waals surface area contributed by atoms with Crippen LogP contribution in [0.1, 0.15) is 25.7 Å². The highest BCUT2D eigenvalue weighted by Crippen LogP contribution is 2.31. The Kier molecular flexibility index (Phi) is 2.94. The average molecular weight is 152 g/mol. The van der Waals surface area contributed by atoms with Gasteiger partial charge in [0.25, 0.3) is 0 Å². The quantitative estimate of drug-likeness (QED) is 0.361. The van der Waals surface area contributed by atoms with E-state index in [0.717, 1.165) is 12.8 Å². The fraction of sp³-hybridized carbons (Fsp3) is 0.857. The lowest BCUT2D eigenvalue weighted by Crippen LogP contribution is -2.32. The van der Waals surface area contributed by atoms with Gasteiger partial charge < -0.3 is 10.4 Å². The summed E-state index contributed by atoms with van der Waals surface area (Å²) >= 11 is 0. The number of hydrogen-bond donors (Lipinski definition) is 1. The molecule has 1 fully saturated rings. The summed E-state index contributed by atoms with van der Waals surface area (Å²) in [7, 11) is 4.83. The molecule has 2 radical (unpaired) electrons. The van der Waals surface area contributed by atoms with Gasteiger partial charge in [0.15, 0.2) is 6.40 Å². The smallest absolute Gasteiger partial charge is 0.375 e. The van der Waals surface area contributed by atoms with Crippen molar-refractivity contribution in [3.8, 4) is 0 Å². The van der Waals surface area contributed by atoms with E-state index in [4.69, 9.17) is 13.8 Å². The van der Waals surface area contributed by atoms with Gasteiger partial charge in [0.05, 0.1) is 5.54 Å².